The van der Waals surface area contributed by atoms with Gasteiger partial charge in [0.15, 0.2) is 0 Å². The lowest BCUT2D eigenvalue weighted by atomic mass is 9.84. The molecule has 5 rings (SSSR count). The van der Waals surface area contributed by atoms with Crippen molar-refractivity contribution in [2.24, 2.45) is 5.92 Å². The number of nitrogens with one attached hydrogen (secondary N) is 2. The standard InChI is InChI=1S/C26H25BrN4O2S/c27-20-6-5-18-11-17(1-4-19(18)13-20)15-29-21-7-2-16(3-8-21)12-24-28-10-9-22(30-24)14-23-25(32)31-26(33)34-23/h1,4-6,9-11,13-14,16,21,29H,2-3,7-8,12,15H2,(H,31,32,33)/b23-14-. The molecule has 2 aliphatic rings. The Labute approximate surface area is 211 Å². The van der Waals surface area contributed by atoms with Crippen LogP contribution < -0.4 is 10.6 Å². The van der Waals surface area contributed by atoms with Crippen molar-refractivity contribution in [1.29, 1.82) is 0 Å². The molecule has 1 saturated heterocycles. The third-order valence-electron chi connectivity index (χ3n) is 6.43. The zero-order valence-electron chi connectivity index (χ0n) is 18.6. The number of thioether (sulfide) groups is 1. The topological polar surface area (TPSA) is 84.0 Å². The van der Waals surface area contributed by atoms with E-state index < -0.39 is 0 Å². The first-order chi connectivity index (χ1) is 16.5. The molecule has 0 atom stereocenters. The summed E-state index contributed by atoms with van der Waals surface area (Å²) in [5.41, 5.74) is 1.97. The quantitative estimate of drug-likeness (QED) is 0.398. The second kappa shape index (κ2) is 10.4. The number of aromatic nitrogens is 2. The Hall–Kier alpha value is -2.55. The van der Waals surface area contributed by atoms with Crippen LogP contribution in [-0.4, -0.2) is 27.2 Å². The van der Waals surface area contributed by atoms with Crippen LogP contribution >= 0.6 is 27.7 Å². The molecule has 3 aromatic rings. The fourth-order valence-corrected chi connectivity index (χ4v) is 5.66. The van der Waals surface area contributed by atoms with E-state index in [2.05, 4.69) is 72.9 Å². The smallest absolute Gasteiger partial charge is 0.290 e. The summed E-state index contributed by atoms with van der Waals surface area (Å²) in [6.07, 6.45) is 8.80. The fourth-order valence-electron chi connectivity index (χ4n) is 4.62. The second-order valence-electron chi connectivity index (χ2n) is 8.88. The summed E-state index contributed by atoms with van der Waals surface area (Å²) in [5, 5.41) is 8.18. The second-order valence-corrected chi connectivity index (χ2v) is 10.8. The Bertz CT molecular complexity index is 1270. The summed E-state index contributed by atoms with van der Waals surface area (Å²) < 4.78 is 1.11. The summed E-state index contributed by atoms with van der Waals surface area (Å²) in [6, 6.07) is 15.3. The summed E-state index contributed by atoms with van der Waals surface area (Å²) in [6.45, 7) is 0.884. The van der Waals surface area contributed by atoms with E-state index in [1.807, 2.05) is 0 Å². The molecule has 1 aromatic heterocycles. The summed E-state index contributed by atoms with van der Waals surface area (Å²) in [7, 11) is 0. The van der Waals surface area contributed by atoms with Gasteiger partial charge in [0.2, 0.25) is 0 Å². The molecular formula is C26H25BrN4O2S. The molecule has 8 heteroatoms. The number of hydrogen-bond acceptors (Lipinski definition) is 6. The van der Waals surface area contributed by atoms with Crippen LogP contribution in [0.1, 0.15) is 42.8 Å². The lowest BCUT2D eigenvalue weighted by Gasteiger charge is -2.29. The van der Waals surface area contributed by atoms with E-state index in [0.29, 0.717) is 22.6 Å². The Morgan fingerprint density at radius 1 is 1.06 bits per heavy atom. The minimum Gasteiger partial charge on any atom is -0.310 e. The average Bonchev–Trinajstić information content (AvgIpc) is 3.15. The van der Waals surface area contributed by atoms with Gasteiger partial charge in [-0.1, -0.05) is 34.1 Å². The highest BCUT2D eigenvalue weighted by Crippen LogP contribution is 2.28. The van der Waals surface area contributed by atoms with Gasteiger partial charge in [0, 0.05) is 29.7 Å². The maximum Gasteiger partial charge on any atom is 0.290 e. The maximum atomic E-state index is 11.8. The average molecular weight is 537 g/mol. The van der Waals surface area contributed by atoms with E-state index in [1.165, 1.54) is 16.3 Å². The first-order valence-corrected chi connectivity index (χ1v) is 13.1. The van der Waals surface area contributed by atoms with Crippen LogP contribution in [-0.2, 0) is 17.8 Å². The first-order valence-electron chi connectivity index (χ1n) is 11.5. The summed E-state index contributed by atoms with van der Waals surface area (Å²) in [4.78, 5) is 32.5. The van der Waals surface area contributed by atoms with Crippen LogP contribution in [0.5, 0.6) is 0 Å². The SMILES string of the molecule is O=C1NC(=O)/C(=C/c2ccnc(CC3CCC(NCc4ccc5cc(Br)ccc5c4)CC3)n2)S1. The molecule has 2 aromatic carbocycles. The molecule has 0 bridgehead atoms. The highest BCUT2D eigenvalue weighted by Gasteiger charge is 2.25. The van der Waals surface area contributed by atoms with E-state index in [0.717, 1.165) is 60.7 Å². The molecule has 0 radical (unpaired) electrons. The van der Waals surface area contributed by atoms with E-state index in [1.54, 1.807) is 18.3 Å². The number of hydrogen-bond donors (Lipinski definition) is 2. The van der Waals surface area contributed by atoms with Crippen molar-refractivity contribution in [3.8, 4) is 0 Å². The number of carbonyl (C=O) groups excluding carboxylic acids is 2. The first kappa shape index (κ1) is 23.2. The molecule has 34 heavy (non-hydrogen) atoms. The maximum absolute atomic E-state index is 11.8. The van der Waals surface area contributed by atoms with Crippen molar-refractivity contribution in [3.05, 3.63) is 75.1 Å². The molecule has 2 N–H and O–H groups in total. The van der Waals surface area contributed by atoms with Gasteiger partial charge in [-0.15, -0.1) is 0 Å². The molecule has 2 amide bonds. The summed E-state index contributed by atoms with van der Waals surface area (Å²) in [5.74, 6) is 0.992. The van der Waals surface area contributed by atoms with E-state index in [-0.39, 0.29) is 11.1 Å². The zero-order valence-corrected chi connectivity index (χ0v) is 21.0. The zero-order chi connectivity index (χ0) is 23.5. The summed E-state index contributed by atoms with van der Waals surface area (Å²) >= 11 is 4.44. The van der Waals surface area contributed by atoms with Crippen LogP contribution in [0.15, 0.2) is 58.0 Å². The van der Waals surface area contributed by atoms with Gasteiger partial charge in [0.1, 0.15) is 5.82 Å². The van der Waals surface area contributed by atoms with E-state index in [9.17, 15) is 9.59 Å². The predicted octanol–water partition coefficient (Wildman–Crippen LogP) is 5.61. The minimum atomic E-state index is -0.363. The largest absolute Gasteiger partial charge is 0.310 e. The normalized spacial score (nSPS) is 21.9. The molecule has 174 valence electrons. The molecule has 1 aliphatic carbocycles. The number of fused-ring (bicyclic) bond motifs is 1. The number of carbonyl (C=O) groups is 2. The molecule has 6 nitrogen and oxygen atoms in total. The van der Waals surface area contributed by atoms with Gasteiger partial charge in [-0.3, -0.25) is 14.9 Å². The number of benzene rings is 2. The Kier molecular flexibility index (Phi) is 7.08. The van der Waals surface area contributed by atoms with Crippen LogP contribution in [0.3, 0.4) is 0 Å². The van der Waals surface area contributed by atoms with Crippen molar-refractivity contribution >= 4 is 55.7 Å². The van der Waals surface area contributed by atoms with Gasteiger partial charge in [-0.25, -0.2) is 9.97 Å². The molecular weight excluding hydrogens is 512 g/mol. The van der Waals surface area contributed by atoms with Crippen LogP contribution in [0.2, 0.25) is 0 Å². The lowest BCUT2D eigenvalue weighted by molar-refractivity contribution is -0.115. The number of halogens is 1. The fraction of sp³-hybridized carbons (Fsp3) is 0.308. The minimum absolute atomic E-state index is 0.343. The van der Waals surface area contributed by atoms with Crippen LogP contribution in [0.25, 0.3) is 16.8 Å². The number of imide groups is 1. The Morgan fingerprint density at radius 3 is 2.65 bits per heavy atom. The van der Waals surface area contributed by atoms with Crippen molar-refractivity contribution < 1.29 is 9.59 Å². The monoisotopic (exact) mass is 536 g/mol. The Balaban J connectivity index is 1.12. The van der Waals surface area contributed by atoms with Gasteiger partial charge >= 0.3 is 0 Å². The highest BCUT2D eigenvalue weighted by molar-refractivity contribution is 9.10. The molecule has 0 unspecified atom stereocenters. The number of rotatable bonds is 6. The van der Waals surface area contributed by atoms with Gasteiger partial charge in [0.25, 0.3) is 11.1 Å². The molecule has 2 heterocycles. The lowest BCUT2D eigenvalue weighted by Crippen LogP contribution is -2.33. The predicted molar refractivity (Wildman–Crippen MR) is 139 cm³/mol. The van der Waals surface area contributed by atoms with Crippen LogP contribution in [0, 0.1) is 5.92 Å². The highest BCUT2D eigenvalue weighted by atomic mass is 79.9. The van der Waals surface area contributed by atoms with Gasteiger partial charge in [-0.05, 0) is 90.0 Å². The van der Waals surface area contributed by atoms with Crippen LogP contribution in [0.4, 0.5) is 4.79 Å². The number of amides is 2. The molecule has 0 spiro atoms. The van der Waals surface area contributed by atoms with E-state index in [4.69, 9.17) is 0 Å². The molecule has 1 saturated carbocycles. The molecule has 1 aliphatic heterocycles. The Morgan fingerprint density at radius 2 is 1.85 bits per heavy atom. The van der Waals surface area contributed by atoms with Gasteiger partial charge < -0.3 is 5.32 Å². The van der Waals surface area contributed by atoms with Crippen molar-refractivity contribution in [1.82, 2.24) is 20.6 Å². The van der Waals surface area contributed by atoms with Gasteiger partial charge in [0.05, 0.1) is 10.6 Å². The third kappa shape index (κ3) is 5.74. The van der Waals surface area contributed by atoms with E-state index >= 15 is 0 Å². The number of nitrogens with zero attached hydrogens (tertiary/aromatic N) is 2. The van der Waals surface area contributed by atoms with Gasteiger partial charge in [-0.2, -0.15) is 0 Å². The van der Waals surface area contributed by atoms with Crippen molar-refractivity contribution in [3.63, 3.8) is 0 Å². The van der Waals surface area contributed by atoms with Crippen molar-refractivity contribution in [2.75, 3.05) is 0 Å². The molecule has 2 fully saturated rings. The third-order valence-corrected chi connectivity index (χ3v) is 7.73. The van der Waals surface area contributed by atoms with Crippen molar-refractivity contribution in [2.45, 2.75) is 44.7 Å².